The number of hydrogen-bond acceptors (Lipinski definition) is 2. The van der Waals surface area contributed by atoms with Crippen LogP contribution in [0.4, 0.5) is 10.1 Å². The SMILES string of the molecule is CC(Cc1ccc(F)cc1)N1Cc2ccc(N)cc2C1. The van der Waals surface area contributed by atoms with E-state index in [-0.39, 0.29) is 5.82 Å². The number of nitrogens with zero attached hydrogens (tertiary/aromatic N) is 1. The van der Waals surface area contributed by atoms with Gasteiger partial charge in [0.1, 0.15) is 5.82 Å². The number of hydrogen-bond donors (Lipinski definition) is 1. The van der Waals surface area contributed by atoms with E-state index in [0.717, 1.165) is 25.2 Å². The number of nitrogens with two attached hydrogens (primary N) is 1. The zero-order valence-corrected chi connectivity index (χ0v) is 11.6. The Morgan fingerprint density at radius 1 is 1.10 bits per heavy atom. The molecule has 2 aromatic rings. The summed E-state index contributed by atoms with van der Waals surface area (Å²) in [5.74, 6) is -0.176. The number of nitrogen functional groups attached to an aromatic ring is 1. The van der Waals surface area contributed by atoms with E-state index in [1.54, 1.807) is 0 Å². The number of benzene rings is 2. The molecule has 0 saturated carbocycles. The predicted molar refractivity (Wildman–Crippen MR) is 79.7 cm³/mol. The molecular weight excluding hydrogens is 251 g/mol. The maximum atomic E-state index is 12.9. The van der Waals surface area contributed by atoms with Crippen LogP contribution in [0.2, 0.25) is 0 Å². The molecule has 0 aromatic heterocycles. The predicted octanol–water partition coefficient (Wildman–Crippen LogP) is 3.35. The molecule has 1 heterocycles. The van der Waals surface area contributed by atoms with Crippen LogP contribution in [0.5, 0.6) is 0 Å². The highest BCUT2D eigenvalue weighted by atomic mass is 19.1. The van der Waals surface area contributed by atoms with Gasteiger partial charge in [0.25, 0.3) is 0 Å². The normalized spacial score (nSPS) is 16.1. The van der Waals surface area contributed by atoms with Crippen molar-refractivity contribution in [1.29, 1.82) is 0 Å². The quantitative estimate of drug-likeness (QED) is 0.867. The maximum absolute atomic E-state index is 12.9. The van der Waals surface area contributed by atoms with Crippen molar-refractivity contribution in [3.8, 4) is 0 Å². The molecule has 2 N–H and O–H groups in total. The maximum Gasteiger partial charge on any atom is 0.123 e. The fourth-order valence-corrected chi connectivity index (χ4v) is 2.84. The van der Waals surface area contributed by atoms with Crippen molar-refractivity contribution in [2.45, 2.75) is 32.5 Å². The lowest BCUT2D eigenvalue weighted by atomic mass is 10.1. The summed E-state index contributed by atoms with van der Waals surface area (Å²) in [4.78, 5) is 2.44. The van der Waals surface area contributed by atoms with Crippen molar-refractivity contribution in [3.63, 3.8) is 0 Å². The second-order valence-electron chi connectivity index (χ2n) is 5.61. The van der Waals surface area contributed by atoms with Crippen LogP contribution >= 0.6 is 0 Å². The number of rotatable bonds is 3. The van der Waals surface area contributed by atoms with Gasteiger partial charge in [-0.05, 0) is 54.3 Å². The van der Waals surface area contributed by atoms with Crippen LogP contribution < -0.4 is 5.73 Å². The molecule has 1 unspecified atom stereocenters. The molecule has 0 saturated heterocycles. The van der Waals surface area contributed by atoms with Gasteiger partial charge in [0.05, 0.1) is 0 Å². The fourth-order valence-electron chi connectivity index (χ4n) is 2.84. The Bertz CT molecular complexity index is 607. The molecule has 0 radical (unpaired) electrons. The first-order valence-electron chi connectivity index (χ1n) is 6.97. The third-order valence-electron chi connectivity index (χ3n) is 4.04. The Kier molecular flexibility index (Phi) is 3.45. The Hall–Kier alpha value is -1.87. The minimum atomic E-state index is -0.176. The van der Waals surface area contributed by atoms with Gasteiger partial charge in [-0.25, -0.2) is 4.39 Å². The van der Waals surface area contributed by atoms with E-state index >= 15 is 0 Å². The highest BCUT2D eigenvalue weighted by Gasteiger charge is 2.23. The first kappa shape index (κ1) is 13.1. The topological polar surface area (TPSA) is 29.3 Å². The van der Waals surface area contributed by atoms with Gasteiger partial charge in [-0.15, -0.1) is 0 Å². The van der Waals surface area contributed by atoms with Crippen LogP contribution in [0.1, 0.15) is 23.6 Å². The Morgan fingerprint density at radius 2 is 1.80 bits per heavy atom. The standard InChI is InChI=1S/C17H19FN2/c1-12(8-13-2-5-16(18)6-3-13)20-10-14-4-7-17(19)9-15(14)11-20/h2-7,9,12H,8,10-11,19H2,1H3. The van der Waals surface area contributed by atoms with Crippen LogP contribution in [-0.4, -0.2) is 10.9 Å². The lowest BCUT2D eigenvalue weighted by Gasteiger charge is -2.23. The molecule has 20 heavy (non-hydrogen) atoms. The molecule has 0 amide bonds. The fraction of sp³-hybridized carbons (Fsp3) is 0.294. The first-order valence-corrected chi connectivity index (χ1v) is 6.97. The molecule has 2 nitrogen and oxygen atoms in total. The molecule has 104 valence electrons. The summed E-state index contributed by atoms with van der Waals surface area (Å²) in [5.41, 5.74) is 10.5. The molecule has 3 heteroatoms. The van der Waals surface area contributed by atoms with Crippen LogP contribution in [0.3, 0.4) is 0 Å². The smallest absolute Gasteiger partial charge is 0.123 e. The summed E-state index contributed by atoms with van der Waals surface area (Å²) < 4.78 is 12.9. The van der Waals surface area contributed by atoms with Crippen molar-refractivity contribution in [1.82, 2.24) is 4.90 Å². The summed E-state index contributed by atoms with van der Waals surface area (Å²) in [5, 5.41) is 0. The van der Waals surface area contributed by atoms with Gasteiger partial charge in [0.2, 0.25) is 0 Å². The number of halogens is 1. The number of anilines is 1. The van der Waals surface area contributed by atoms with Crippen molar-refractivity contribution in [2.24, 2.45) is 0 Å². The lowest BCUT2D eigenvalue weighted by molar-refractivity contribution is 0.211. The molecule has 0 bridgehead atoms. The van der Waals surface area contributed by atoms with Crippen LogP contribution in [0, 0.1) is 5.82 Å². The van der Waals surface area contributed by atoms with Crippen molar-refractivity contribution in [2.75, 3.05) is 5.73 Å². The summed E-state index contributed by atoms with van der Waals surface area (Å²) in [6, 6.07) is 13.4. The van der Waals surface area contributed by atoms with E-state index in [1.807, 2.05) is 18.2 Å². The van der Waals surface area contributed by atoms with Crippen LogP contribution in [-0.2, 0) is 19.5 Å². The van der Waals surface area contributed by atoms with Crippen molar-refractivity contribution >= 4 is 5.69 Å². The van der Waals surface area contributed by atoms with E-state index in [2.05, 4.69) is 24.0 Å². The Labute approximate surface area is 119 Å². The van der Waals surface area contributed by atoms with E-state index in [0.29, 0.717) is 6.04 Å². The molecule has 0 aliphatic carbocycles. The molecule has 0 spiro atoms. The third-order valence-corrected chi connectivity index (χ3v) is 4.04. The highest BCUT2D eigenvalue weighted by Crippen LogP contribution is 2.27. The van der Waals surface area contributed by atoms with Crippen LogP contribution in [0.25, 0.3) is 0 Å². The summed E-state index contributed by atoms with van der Waals surface area (Å²) in [6.45, 7) is 4.14. The van der Waals surface area contributed by atoms with Crippen molar-refractivity contribution in [3.05, 3.63) is 65.0 Å². The van der Waals surface area contributed by atoms with E-state index in [1.165, 1.54) is 28.8 Å². The van der Waals surface area contributed by atoms with Gasteiger partial charge in [-0.3, -0.25) is 4.90 Å². The molecule has 0 fully saturated rings. The summed E-state index contributed by atoms with van der Waals surface area (Å²) in [6.07, 6.45) is 0.934. The average Bonchev–Trinajstić information content (AvgIpc) is 2.84. The molecular formula is C17H19FN2. The van der Waals surface area contributed by atoms with E-state index in [4.69, 9.17) is 5.73 Å². The van der Waals surface area contributed by atoms with E-state index in [9.17, 15) is 4.39 Å². The van der Waals surface area contributed by atoms with Gasteiger partial charge < -0.3 is 5.73 Å². The van der Waals surface area contributed by atoms with Gasteiger partial charge >= 0.3 is 0 Å². The van der Waals surface area contributed by atoms with Gasteiger partial charge in [-0.1, -0.05) is 18.2 Å². The van der Waals surface area contributed by atoms with Gasteiger partial charge in [0, 0.05) is 24.8 Å². The third kappa shape index (κ3) is 2.68. The van der Waals surface area contributed by atoms with Crippen molar-refractivity contribution < 1.29 is 4.39 Å². The minimum absolute atomic E-state index is 0.176. The van der Waals surface area contributed by atoms with E-state index < -0.39 is 0 Å². The Balaban J connectivity index is 1.68. The molecule has 2 aromatic carbocycles. The van der Waals surface area contributed by atoms with Gasteiger partial charge in [-0.2, -0.15) is 0 Å². The van der Waals surface area contributed by atoms with Crippen LogP contribution in [0.15, 0.2) is 42.5 Å². The highest BCUT2D eigenvalue weighted by molar-refractivity contribution is 5.46. The second kappa shape index (κ2) is 5.25. The summed E-state index contributed by atoms with van der Waals surface area (Å²) >= 11 is 0. The second-order valence-corrected chi connectivity index (χ2v) is 5.61. The number of fused-ring (bicyclic) bond motifs is 1. The van der Waals surface area contributed by atoms with Gasteiger partial charge in [0.15, 0.2) is 0 Å². The summed E-state index contributed by atoms with van der Waals surface area (Å²) in [7, 11) is 0. The largest absolute Gasteiger partial charge is 0.399 e. The zero-order valence-electron chi connectivity index (χ0n) is 11.6. The monoisotopic (exact) mass is 270 g/mol. The molecule has 3 rings (SSSR count). The lowest BCUT2D eigenvalue weighted by Crippen LogP contribution is -2.29. The first-order chi connectivity index (χ1) is 9.61. The zero-order chi connectivity index (χ0) is 14.1. The average molecular weight is 270 g/mol. The molecule has 1 aliphatic rings. The Morgan fingerprint density at radius 3 is 2.55 bits per heavy atom. The molecule has 1 atom stereocenters. The molecule has 1 aliphatic heterocycles. The minimum Gasteiger partial charge on any atom is -0.399 e.